The average molecular weight is 589 g/mol. The lowest BCUT2D eigenvalue weighted by Crippen LogP contribution is -1.86. The summed E-state index contributed by atoms with van der Waals surface area (Å²) >= 11 is 4.50. The topological polar surface area (TPSA) is 0 Å². The predicted molar refractivity (Wildman–Crippen MR) is 185 cm³/mol. The van der Waals surface area contributed by atoms with Crippen molar-refractivity contribution >= 4 is 35.3 Å². The summed E-state index contributed by atoms with van der Waals surface area (Å²) in [6.07, 6.45) is 5.88. The first-order valence-corrected chi connectivity index (χ1v) is 16.5. The summed E-state index contributed by atoms with van der Waals surface area (Å²) in [5, 5.41) is 9.04. The van der Waals surface area contributed by atoms with Gasteiger partial charge in [-0.25, -0.2) is 0 Å². The highest BCUT2D eigenvalue weighted by Gasteiger charge is 1.98. The number of benzene rings is 4. The predicted octanol–water partition coefficient (Wildman–Crippen LogP) is 7.90. The Morgan fingerprint density at radius 1 is 0.286 bits per heavy atom. The van der Waals surface area contributed by atoms with Crippen molar-refractivity contribution in [2.24, 2.45) is 0 Å². The molecule has 0 fully saturated rings. The van der Waals surface area contributed by atoms with Gasteiger partial charge in [-0.3, -0.25) is 0 Å². The Labute approximate surface area is 262 Å². The SMILES string of the molecule is CSC#Cc1ccc(C#Cc2cc(C#Cc3ccc(C#CSC)cc3)cc(C#Cc3ccc(C#CSC)cc3)c2)cc1. The van der Waals surface area contributed by atoms with Crippen LogP contribution in [0.3, 0.4) is 0 Å². The molecule has 0 unspecified atom stereocenters. The van der Waals surface area contributed by atoms with Crippen molar-refractivity contribution in [2.45, 2.75) is 0 Å². The quantitative estimate of drug-likeness (QED) is 0.192. The van der Waals surface area contributed by atoms with E-state index in [2.05, 4.69) is 69.0 Å². The molecular formula is C39H24S3. The van der Waals surface area contributed by atoms with Crippen LogP contribution in [0.5, 0.6) is 0 Å². The van der Waals surface area contributed by atoms with Gasteiger partial charge in [0, 0.05) is 50.1 Å². The van der Waals surface area contributed by atoms with E-state index in [0.717, 1.165) is 50.1 Å². The van der Waals surface area contributed by atoms with Gasteiger partial charge in [-0.2, -0.15) is 0 Å². The lowest BCUT2D eigenvalue weighted by molar-refractivity contribution is 1.54. The standard InChI is InChI=1S/C39H24S3/c1-40-25-22-34-10-4-31(5-11-34)16-19-37-28-38(20-17-32-6-12-35(13-7-32)23-26-41-2)30-39(29-37)21-18-33-8-14-36(15-9-33)24-27-42-3/h4-15,28-30H,1-3H3. The third-order valence-electron chi connectivity index (χ3n) is 5.53. The van der Waals surface area contributed by atoms with Crippen molar-refractivity contribution in [3.05, 3.63) is 141 Å². The minimum atomic E-state index is 0.850. The third kappa shape index (κ3) is 10.0. The first-order valence-electron chi connectivity index (χ1n) is 12.8. The summed E-state index contributed by atoms with van der Waals surface area (Å²) in [5.74, 6) is 29.0. The molecule has 0 aliphatic rings. The van der Waals surface area contributed by atoms with Crippen molar-refractivity contribution in [3.8, 4) is 69.0 Å². The first-order chi connectivity index (χ1) is 20.6. The van der Waals surface area contributed by atoms with Gasteiger partial charge in [-0.1, -0.05) is 88.6 Å². The summed E-state index contributed by atoms with van der Waals surface area (Å²) in [6, 6.07) is 29.9. The van der Waals surface area contributed by atoms with Gasteiger partial charge >= 0.3 is 0 Å². The highest BCUT2D eigenvalue weighted by molar-refractivity contribution is 8.03. The maximum atomic E-state index is 3.29. The molecular weight excluding hydrogens is 565 g/mol. The highest BCUT2D eigenvalue weighted by atomic mass is 32.2. The van der Waals surface area contributed by atoms with Crippen LogP contribution >= 0.6 is 35.3 Å². The molecule has 0 saturated heterocycles. The van der Waals surface area contributed by atoms with Crippen LogP contribution in [0.2, 0.25) is 0 Å². The van der Waals surface area contributed by atoms with E-state index < -0.39 is 0 Å². The molecule has 0 spiro atoms. The molecule has 0 bridgehead atoms. The summed E-state index contributed by atoms with van der Waals surface area (Å²) in [4.78, 5) is 0. The molecule has 0 aliphatic heterocycles. The van der Waals surface area contributed by atoms with Crippen LogP contribution in [0, 0.1) is 69.0 Å². The number of rotatable bonds is 0. The smallest absolute Gasteiger partial charge is 0.0273 e. The molecule has 0 amide bonds. The lowest BCUT2D eigenvalue weighted by Gasteiger charge is -1.98. The Bertz CT molecular complexity index is 1680. The van der Waals surface area contributed by atoms with Crippen molar-refractivity contribution in [3.63, 3.8) is 0 Å². The van der Waals surface area contributed by atoms with Gasteiger partial charge in [0.1, 0.15) is 0 Å². The maximum absolute atomic E-state index is 3.29. The zero-order valence-electron chi connectivity index (χ0n) is 23.4. The van der Waals surface area contributed by atoms with Gasteiger partial charge < -0.3 is 0 Å². The van der Waals surface area contributed by atoms with Crippen molar-refractivity contribution < 1.29 is 0 Å². The van der Waals surface area contributed by atoms with E-state index in [9.17, 15) is 0 Å². The molecule has 0 saturated carbocycles. The van der Waals surface area contributed by atoms with Gasteiger partial charge in [-0.15, -0.1) is 0 Å². The first kappa shape index (κ1) is 30.3. The van der Waals surface area contributed by atoms with Crippen LogP contribution in [-0.2, 0) is 0 Å². The molecule has 0 nitrogen and oxygen atoms in total. The van der Waals surface area contributed by atoms with Gasteiger partial charge in [0.25, 0.3) is 0 Å². The van der Waals surface area contributed by atoms with E-state index >= 15 is 0 Å². The van der Waals surface area contributed by atoms with Crippen molar-refractivity contribution in [1.29, 1.82) is 0 Å². The van der Waals surface area contributed by atoms with Crippen LogP contribution in [0.15, 0.2) is 91.0 Å². The van der Waals surface area contributed by atoms with Crippen LogP contribution in [-0.4, -0.2) is 18.8 Å². The van der Waals surface area contributed by atoms with Crippen LogP contribution in [0.1, 0.15) is 50.1 Å². The Balaban J connectivity index is 1.65. The second kappa shape index (κ2) is 16.5. The minimum absolute atomic E-state index is 0.850. The van der Waals surface area contributed by atoms with Crippen molar-refractivity contribution in [1.82, 2.24) is 0 Å². The molecule has 0 atom stereocenters. The van der Waals surface area contributed by atoms with E-state index in [1.807, 2.05) is 110 Å². The zero-order chi connectivity index (χ0) is 29.4. The van der Waals surface area contributed by atoms with Crippen LogP contribution in [0.4, 0.5) is 0 Å². The van der Waals surface area contributed by atoms with Gasteiger partial charge in [0.15, 0.2) is 0 Å². The molecule has 4 rings (SSSR count). The van der Waals surface area contributed by atoms with Crippen LogP contribution < -0.4 is 0 Å². The fraction of sp³-hybridized carbons (Fsp3) is 0.0769. The van der Waals surface area contributed by atoms with Crippen LogP contribution in [0.25, 0.3) is 0 Å². The van der Waals surface area contributed by atoms with E-state index in [-0.39, 0.29) is 0 Å². The lowest BCUT2D eigenvalue weighted by atomic mass is 10.0. The molecule has 4 aromatic rings. The summed E-state index contributed by atoms with van der Waals surface area (Å²) in [6.45, 7) is 0. The van der Waals surface area contributed by atoms with Gasteiger partial charge in [-0.05, 0) is 126 Å². The van der Waals surface area contributed by atoms with E-state index in [1.54, 1.807) is 0 Å². The molecule has 3 heteroatoms. The summed E-state index contributed by atoms with van der Waals surface area (Å²) in [7, 11) is 0. The Hall–Kier alpha value is -4.71. The minimum Gasteiger partial charge on any atom is -0.0781 e. The Morgan fingerprint density at radius 3 is 0.690 bits per heavy atom. The number of hydrogen-bond acceptors (Lipinski definition) is 3. The molecule has 0 heterocycles. The van der Waals surface area contributed by atoms with E-state index in [1.165, 1.54) is 35.3 Å². The highest BCUT2D eigenvalue weighted by Crippen LogP contribution is 2.11. The molecule has 0 radical (unpaired) electrons. The second-order valence-corrected chi connectivity index (χ2v) is 10.4. The normalized spacial score (nSPS) is 8.93. The fourth-order valence-corrected chi connectivity index (χ4v) is 4.18. The number of hydrogen-bond donors (Lipinski definition) is 0. The maximum Gasteiger partial charge on any atom is 0.0273 e. The van der Waals surface area contributed by atoms with Crippen molar-refractivity contribution in [2.75, 3.05) is 18.8 Å². The zero-order valence-corrected chi connectivity index (χ0v) is 25.8. The molecule has 0 N–H and O–H groups in total. The average Bonchev–Trinajstić information content (AvgIpc) is 3.04. The third-order valence-corrected chi connectivity index (χ3v) is 6.45. The second-order valence-electron chi connectivity index (χ2n) is 8.57. The van der Waals surface area contributed by atoms with E-state index in [4.69, 9.17) is 0 Å². The monoisotopic (exact) mass is 588 g/mol. The van der Waals surface area contributed by atoms with Gasteiger partial charge in [0.05, 0.1) is 0 Å². The Kier molecular flexibility index (Phi) is 11.9. The molecule has 0 aliphatic carbocycles. The fourth-order valence-electron chi connectivity index (χ4n) is 3.52. The van der Waals surface area contributed by atoms with Gasteiger partial charge in [0.2, 0.25) is 0 Å². The van der Waals surface area contributed by atoms with E-state index in [0.29, 0.717) is 0 Å². The molecule has 4 aromatic carbocycles. The molecule has 198 valence electrons. The summed E-state index contributed by atoms with van der Waals surface area (Å²) in [5.41, 5.74) is 8.22. The largest absolute Gasteiger partial charge is 0.0781 e. The molecule has 42 heavy (non-hydrogen) atoms. The number of thioether (sulfide) groups is 3. The summed E-state index contributed by atoms with van der Waals surface area (Å²) < 4.78 is 0. The molecule has 0 aromatic heterocycles. The Morgan fingerprint density at radius 2 is 0.476 bits per heavy atom.